The maximum absolute atomic E-state index is 5.46. The molecule has 0 radical (unpaired) electrons. The van der Waals surface area contributed by atoms with Gasteiger partial charge in [0.1, 0.15) is 0 Å². The molecule has 0 bridgehead atoms. The molecule has 4 nitrogen and oxygen atoms in total. The van der Waals surface area contributed by atoms with Gasteiger partial charge in [0.2, 0.25) is 0 Å². The van der Waals surface area contributed by atoms with E-state index in [0.29, 0.717) is 17.5 Å². The van der Waals surface area contributed by atoms with Crippen LogP contribution in [0.15, 0.2) is 206 Å². The number of benzene rings is 9. The lowest BCUT2D eigenvalue weighted by atomic mass is 9.58. The Hall–Kier alpha value is -8.21. The summed E-state index contributed by atoms with van der Waals surface area (Å²) in [6.07, 6.45) is 0. The number of fused-ring (bicyclic) bond motifs is 1. The van der Waals surface area contributed by atoms with E-state index in [9.17, 15) is 0 Å². The monoisotopic (exact) mass is 858 g/mol. The van der Waals surface area contributed by atoms with Crippen molar-refractivity contribution in [3.05, 3.63) is 273 Å². The van der Waals surface area contributed by atoms with Gasteiger partial charge in [-0.1, -0.05) is 205 Å². The van der Waals surface area contributed by atoms with Crippen LogP contribution in [0.4, 0.5) is 0 Å². The van der Waals surface area contributed by atoms with Gasteiger partial charge in [0.15, 0.2) is 17.5 Å². The Labute approximate surface area is 391 Å². The molecule has 0 N–H and O–H groups in total. The number of para-hydroxylation sites is 2. The Morgan fingerprint density at radius 2 is 0.761 bits per heavy atom. The molecule has 0 spiro atoms. The van der Waals surface area contributed by atoms with Crippen molar-refractivity contribution in [2.75, 3.05) is 0 Å². The third-order valence-electron chi connectivity index (χ3n) is 14.7. The maximum Gasteiger partial charge on any atom is 0.164 e. The van der Waals surface area contributed by atoms with Crippen LogP contribution in [0.2, 0.25) is 0 Å². The molecule has 9 aromatic carbocycles. The van der Waals surface area contributed by atoms with E-state index in [0.717, 1.165) is 27.8 Å². The van der Waals surface area contributed by atoms with Crippen LogP contribution in [0.25, 0.3) is 61.7 Å². The predicted molar refractivity (Wildman–Crippen MR) is 273 cm³/mol. The van der Waals surface area contributed by atoms with Crippen LogP contribution in [0.5, 0.6) is 0 Å². The summed E-state index contributed by atoms with van der Waals surface area (Å²) in [5.74, 6) is 1.97. The van der Waals surface area contributed by atoms with E-state index in [2.05, 4.69) is 239 Å². The van der Waals surface area contributed by atoms with Crippen LogP contribution in [-0.2, 0) is 10.8 Å². The van der Waals surface area contributed by atoms with Crippen LogP contribution in [-0.4, -0.2) is 19.5 Å². The van der Waals surface area contributed by atoms with Gasteiger partial charge in [-0.25, -0.2) is 15.0 Å². The summed E-state index contributed by atoms with van der Waals surface area (Å²) in [5, 5.41) is 2.36. The largest absolute Gasteiger partial charge is 0.308 e. The zero-order valence-electron chi connectivity index (χ0n) is 37.9. The first-order valence-electron chi connectivity index (χ1n) is 23.3. The van der Waals surface area contributed by atoms with E-state index in [-0.39, 0.29) is 0 Å². The maximum atomic E-state index is 5.46. The Kier molecular flexibility index (Phi) is 8.57. The first kappa shape index (κ1) is 39.2. The minimum Gasteiger partial charge on any atom is -0.308 e. The fourth-order valence-corrected chi connectivity index (χ4v) is 12.0. The number of rotatable bonds is 7. The third kappa shape index (κ3) is 5.44. The summed E-state index contributed by atoms with van der Waals surface area (Å²) in [6.45, 7) is 8.56. The van der Waals surface area contributed by atoms with Crippen LogP contribution < -0.4 is 0 Å². The van der Waals surface area contributed by atoms with Gasteiger partial charge in [0.05, 0.1) is 27.6 Å². The van der Waals surface area contributed by atoms with E-state index in [1.54, 1.807) is 0 Å². The predicted octanol–water partition coefficient (Wildman–Crippen LogP) is 14.6. The van der Waals surface area contributed by atoms with Crippen molar-refractivity contribution < 1.29 is 0 Å². The van der Waals surface area contributed by atoms with Crippen LogP contribution in [0, 0.1) is 27.7 Å². The number of hydrogen-bond donors (Lipinski definition) is 0. The van der Waals surface area contributed by atoms with Gasteiger partial charge < -0.3 is 4.57 Å². The fraction of sp³-hybridized carbons (Fsp3) is 0.0952. The highest BCUT2D eigenvalue weighted by Gasteiger charge is 2.52. The van der Waals surface area contributed by atoms with Crippen molar-refractivity contribution in [2.24, 2.45) is 0 Å². The zero-order valence-corrected chi connectivity index (χ0v) is 37.9. The van der Waals surface area contributed by atoms with E-state index >= 15 is 0 Å². The molecular weight excluding hydrogens is 813 g/mol. The first-order chi connectivity index (χ1) is 32.9. The number of hydrogen-bond acceptors (Lipinski definition) is 3. The van der Waals surface area contributed by atoms with E-state index < -0.39 is 10.8 Å². The molecule has 0 aliphatic carbocycles. The van der Waals surface area contributed by atoms with Gasteiger partial charge in [-0.05, 0) is 95.5 Å². The molecule has 2 aliphatic rings. The highest BCUT2D eigenvalue weighted by molar-refractivity contribution is 6.16. The molecule has 0 amide bonds. The van der Waals surface area contributed by atoms with E-state index in [1.165, 1.54) is 83.1 Å². The SMILES string of the molecule is Cc1ccc(-c2nc(-c3cc4c5c(c3)c3cccc6c3n5-c3c(cccc3C4(c3ccccc3)c3ccccc3)C6(c3ccccc3)c3ccccc3)nc(-c3ccc(C)cc3C)n2)c(C)c1. The Morgan fingerprint density at radius 1 is 0.343 bits per heavy atom. The number of nitrogens with zero attached hydrogens (tertiary/aromatic N) is 4. The average molecular weight is 859 g/mol. The van der Waals surface area contributed by atoms with Gasteiger partial charge in [0.25, 0.3) is 0 Å². The Morgan fingerprint density at radius 3 is 1.24 bits per heavy atom. The summed E-state index contributed by atoms with van der Waals surface area (Å²) < 4.78 is 2.62. The second-order valence-electron chi connectivity index (χ2n) is 18.6. The number of aryl methyl sites for hydroxylation is 4. The lowest BCUT2D eigenvalue weighted by Gasteiger charge is -2.47. The molecule has 2 aromatic heterocycles. The summed E-state index contributed by atoms with van der Waals surface area (Å²) in [5.41, 5.74) is 19.7. The summed E-state index contributed by atoms with van der Waals surface area (Å²) in [4.78, 5) is 16.2. The fourth-order valence-electron chi connectivity index (χ4n) is 12.0. The van der Waals surface area contributed by atoms with Gasteiger partial charge in [-0.3, -0.25) is 0 Å². The van der Waals surface area contributed by atoms with Crippen molar-refractivity contribution in [1.82, 2.24) is 19.5 Å². The van der Waals surface area contributed by atoms with Gasteiger partial charge >= 0.3 is 0 Å². The standard InChI is InChI=1S/C63H46N4/c1-39-31-33-48(41(3)35-39)60-64-59(65-61(66-60)49-34-32-40(2)36-42(49)4)43-37-51-50-27-17-28-52-56(50)67-57(51)55(38-43)63(46-23-13-7-14-24-46,47-25-15-8-16-26-47)54-30-18-29-53(58(54)67)62(52,44-19-9-5-10-20-44)45-21-11-6-12-22-45/h5-38H,1-4H3. The van der Waals surface area contributed by atoms with Crippen LogP contribution >= 0.6 is 0 Å². The lowest BCUT2D eigenvalue weighted by Crippen LogP contribution is -2.41. The minimum absolute atomic E-state index is 0.632. The minimum atomic E-state index is -0.747. The summed E-state index contributed by atoms with van der Waals surface area (Å²) in [7, 11) is 0. The normalized spacial score (nSPS) is 13.9. The van der Waals surface area contributed by atoms with Crippen molar-refractivity contribution >= 4 is 21.8 Å². The van der Waals surface area contributed by atoms with E-state index in [1.807, 2.05) is 0 Å². The zero-order chi connectivity index (χ0) is 45.0. The number of aromatic nitrogens is 4. The summed E-state index contributed by atoms with van der Waals surface area (Å²) >= 11 is 0. The smallest absolute Gasteiger partial charge is 0.164 e. The molecule has 0 atom stereocenters. The van der Waals surface area contributed by atoms with Crippen molar-refractivity contribution in [1.29, 1.82) is 0 Å². The molecule has 4 heterocycles. The first-order valence-corrected chi connectivity index (χ1v) is 23.3. The topological polar surface area (TPSA) is 43.6 Å². The Balaban J connectivity index is 1.24. The van der Waals surface area contributed by atoms with Crippen molar-refractivity contribution in [3.8, 4) is 39.9 Å². The van der Waals surface area contributed by atoms with Crippen LogP contribution in [0.3, 0.4) is 0 Å². The molecule has 318 valence electrons. The summed E-state index contributed by atoms with van der Waals surface area (Å²) in [6, 6.07) is 76.4. The van der Waals surface area contributed by atoms with Crippen molar-refractivity contribution in [2.45, 2.75) is 38.5 Å². The second-order valence-corrected chi connectivity index (χ2v) is 18.6. The average Bonchev–Trinajstić information content (AvgIpc) is 3.71. The van der Waals surface area contributed by atoms with E-state index in [4.69, 9.17) is 15.0 Å². The van der Waals surface area contributed by atoms with Gasteiger partial charge in [-0.15, -0.1) is 0 Å². The highest BCUT2D eigenvalue weighted by atomic mass is 15.0. The molecule has 0 saturated heterocycles. The lowest BCUT2D eigenvalue weighted by molar-refractivity contribution is 0.684. The third-order valence-corrected chi connectivity index (χ3v) is 14.7. The molecule has 0 unspecified atom stereocenters. The molecular formula is C63H46N4. The quantitative estimate of drug-likeness (QED) is 0.160. The second kappa shape index (κ2) is 14.7. The van der Waals surface area contributed by atoms with Gasteiger partial charge in [0, 0.05) is 27.5 Å². The Bertz CT molecular complexity index is 3630. The molecule has 2 aliphatic heterocycles. The molecule has 0 saturated carbocycles. The van der Waals surface area contributed by atoms with Crippen molar-refractivity contribution in [3.63, 3.8) is 0 Å². The highest BCUT2D eigenvalue weighted by Crippen LogP contribution is 2.62. The molecule has 13 rings (SSSR count). The van der Waals surface area contributed by atoms with Gasteiger partial charge in [-0.2, -0.15) is 0 Å². The molecule has 0 fully saturated rings. The molecule has 4 heteroatoms. The molecule has 67 heavy (non-hydrogen) atoms. The van der Waals surface area contributed by atoms with Crippen LogP contribution in [0.1, 0.15) is 66.8 Å². The molecule has 11 aromatic rings.